The smallest absolute Gasteiger partial charge is 0.464 e. The molecule has 0 saturated heterocycles. The number of fused-ring (bicyclic) bond motifs is 2. The second-order valence-corrected chi connectivity index (χ2v) is 5.10. The first-order valence-corrected chi connectivity index (χ1v) is 6.60. The molecular weight excluding hydrogens is 299 g/mol. The number of benzene rings is 1. The number of nitrogens with one attached hydrogen (secondary N) is 1. The number of rotatable bonds is 3. The van der Waals surface area contributed by atoms with E-state index in [1.165, 1.54) is 19.5 Å². The molecule has 7 heteroatoms. The summed E-state index contributed by atoms with van der Waals surface area (Å²) in [6.07, 6.45) is -1.68. The fourth-order valence-electron chi connectivity index (χ4n) is 2.49. The highest BCUT2D eigenvalue weighted by Gasteiger charge is 2.39. The zero-order valence-electron chi connectivity index (χ0n) is 11.5. The van der Waals surface area contributed by atoms with Crippen molar-refractivity contribution in [3.63, 3.8) is 0 Å². The summed E-state index contributed by atoms with van der Waals surface area (Å²) in [5.74, 6) is -1.95. The van der Waals surface area contributed by atoms with Gasteiger partial charge in [0.2, 0.25) is 0 Å². The third-order valence-corrected chi connectivity index (χ3v) is 3.42. The van der Waals surface area contributed by atoms with Crippen LogP contribution in [-0.2, 0) is 11.2 Å². The molecule has 0 spiro atoms. The number of furan rings is 2. The highest BCUT2D eigenvalue weighted by Crippen LogP contribution is 2.31. The van der Waals surface area contributed by atoms with Gasteiger partial charge in [-0.1, -0.05) is 0 Å². The minimum absolute atomic E-state index is 0.197. The normalized spacial score (nSPS) is 13.6. The topological polar surface area (TPSA) is 55.4 Å². The lowest BCUT2D eigenvalue weighted by Gasteiger charge is -2.16. The molecule has 0 unspecified atom stereocenters. The maximum Gasteiger partial charge on any atom is 0.471 e. The van der Waals surface area contributed by atoms with Crippen LogP contribution in [0.1, 0.15) is 12.5 Å². The summed E-state index contributed by atoms with van der Waals surface area (Å²) in [4.78, 5) is 11.0. The Hall–Kier alpha value is -2.44. The lowest BCUT2D eigenvalue weighted by molar-refractivity contribution is -0.174. The summed E-state index contributed by atoms with van der Waals surface area (Å²) in [5, 5.41) is 3.50. The molecule has 0 aliphatic carbocycles. The predicted octanol–water partition coefficient (Wildman–Crippen LogP) is 3.79. The van der Waals surface area contributed by atoms with Crippen molar-refractivity contribution in [2.45, 2.75) is 25.6 Å². The Morgan fingerprint density at radius 2 is 2.00 bits per heavy atom. The van der Waals surface area contributed by atoms with Crippen LogP contribution in [0.15, 0.2) is 39.6 Å². The number of amides is 1. The molecule has 2 heterocycles. The van der Waals surface area contributed by atoms with E-state index in [9.17, 15) is 18.0 Å². The van der Waals surface area contributed by atoms with Crippen LogP contribution in [0, 0.1) is 0 Å². The van der Waals surface area contributed by atoms with Gasteiger partial charge in [-0.25, -0.2) is 0 Å². The minimum atomic E-state index is -4.89. The third-order valence-electron chi connectivity index (χ3n) is 3.42. The molecule has 4 nitrogen and oxygen atoms in total. The second kappa shape index (κ2) is 5.08. The molecule has 1 amide bonds. The third kappa shape index (κ3) is 2.54. The molecule has 1 N–H and O–H groups in total. The number of carbonyl (C=O) groups is 1. The van der Waals surface area contributed by atoms with Crippen LogP contribution in [-0.4, -0.2) is 18.1 Å². The Bertz CT molecular complexity index is 783. The van der Waals surface area contributed by atoms with Gasteiger partial charge >= 0.3 is 12.1 Å². The highest BCUT2D eigenvalue weighted by atomic mass is 19.4. The van der Waals surface area contributed by atoms with Gasteiger partial charge in [0.05, 0.1) is 12.5 Å². The monoisotopic (exact) mass is 311 g/mol. The molecule has 116 valence electrons. The lowest BCUT2D eigenvalue weighted by Crippen LogP contribution is -2.42. The van der Waals surface area contributed by atoms with Gasteiger partial charge in [-0.05, 0) is 31.5 Å². The fraction of sp³-hybridized carbons (Fsp3) is 0.267. The van der Waals surface area contributed by atoms with Gasteiger partial charge in [-0.3, -0.25) is 4.79 Å². The first-order valence-electron chi connectivity index (χ1n) is 6.60. The molecular formula is C15H12F3NO3. The van der Waals surface area contributed by atoms with Crippen LogP contribution in [0.4, 0.5) is 13.2 Å². The molecule has 0 radical (unpaired) electrons. The maximum atomic E-state index is 12.3. The number of hydrogen-bond donors (Lipinski definition) is 1. The molecule has 3 aromatic rings. The molecule has 0 aliphatic heterocycles. The average molecular weight is 311 g/mol. The van der Waals surface area contributed by atoms with Crippen LogP contribution in [0.5, 0.6) is 0 Å². The largest absolute Gasteiger partial charge is 0.471 e. The van der Waals surface area contributed by atoms with Crippen molar-refractivity contribution < 1.29 is 26.8 Å². The number of carbonyl (C=O) groups excluding carboxylic acids is 1. The van der Waals surface area contributed by atoms with Crippen LogP contribution < -0.4 is 5.32 Å². The van der Waals surface area contributed by atoms with Gasteiger partial charge in [0, 0.05) is 22.4 Å². The van der Waals surface area contributed by atoms with Gasteiger partial charge in [0.1, 0.15) is 11.2 Å². The van der Waals surface area contributed by atoms with Crippen molar-refractivity contribution in [2.24, 2.45) is 0 Å². The van der Waals surface area contributed by atoms with Gasteiger partial charge in [-0.2, -0.15) is 13.2 Å². The minimum Gasteiger partial charge on any atom is -0.464 e. The zero-order chi connectivity index (χ0) is 15.9. The Morgan fingerprint density at radius 1 is 1.27 bits per heavy atom. The van der Waals surface area contributed by atoms with E-state index in [4.69, 9.17) is 8.83 Å². The van der Waals surface area contributed by atoms with Gasteiger partial charge in [-0.15, -0.1) is 0 Å². The summed E-state index contributed by atoms with van der Waals surface area (Å²) in [7, 11) is 0. The molecule has 22 heavy (non-hydrogen) atoms. The Labute approximate surface area is 122 Å². The molecule has 1 aromatic carbocycles. The molecule has 0 fully saturated rings. The van der Waals surface area contributed by atoms with Crippen molar-refractivity contribution in [1.29, 1.82) is 0 Å². The van der Waals surface area contributed by atoms with E-state index in [1.54, 1.807) is 18.2 Å². The fourth-order valence-corrected chi connectivity index (χ4v) is 2.49. The van der Waals surface area contributed by atoms with Crippen molar-refractivity contribution in [2.75, 3.05) is 0 Å². The molecule has 3 rings (SSSR count). The van der Waals surface area contributed by atoms with E-state index >= 15 is 0 Å². The van der Waals surface area contributed by atoms with E-state index in [2.05, 4.69) is 0 Å². The van der Waals surface area contributed by atoms with E-state index in [0.29, 0.717) is 16.7 Å². The molecule has 0 saturated carbocycles. The predicted molar refractivity (Wildman–Crippen MR) is 73.3 cm³/mol. The van der Waals surface area contributed by atoms with Crippen molar-refractivity contribution >= 4 is 27.8 Å². The van der Waals surface area contributed by atoms with Crippen molar-refractivity contribution in [3.05, 3.63) is 36.3 Å². The van der Waals surface area contributed by atoms with E-state index in [1.807, 2.05) is 5.32 Å². The van der Waals surface area contributed by atoms with E-state index in [0.717, 1.165) is 10.8 Å². The van der Waals surface area contributed by atoms with Gasteiger partial charge in [0.25, 0.3) is 0 Å². The average Bonchev–Trinajstić information content (AvgIpc) is 3.05. The Balaban J connectivity index is 1.93. The van der Waals surface area contributed by atoms with Gasteiger partial charge < -0.3 is 14.2 Å². The second-order valence-electron chi connectivity index (χ2n) is 5.10. The summed E-state index contributed by atoms with van der Waals surface area (Å²) in [6, 6.07) is 4.57. The molecule has 2 aromatic heterocycles. The first kappa shape index (κ1) is 14.5. The van der Waals surface area contributed by atoms with Crippen LogP contribution in [0.3, 0.4) is 0 Å². The van der Waals surface area contributed by atoms with E-state index < -0.39 is 18.1 Å². The van der Waals surface area contributed by atoms with E-state index in [-0.39, 0.29) is 6.42 Å². The van der Waals surface area contributed by atoms with Crippen molar-refractivity contribution in [3.8, 4) is 0 Å². The highest BCUT2D eigenvalue weighted by molar-refractivity contribution is 5.97. The number of alkyl halides is 3. The molecule has 1 atom stereocenters. The molecule has 0 bridgehead atoms. The lowest BCUT2D eigenvalue weighted by atomic mass is 10.0. The summed E-state index contributed by atoms with van der Waals surface area (Å²) in [6.45, 7) is 1.51. The number of halogens is 3. The Kier molecular flexibility index (Phi) is 3.35. The Morgan fingerprint density at radius 3 is 2.73 bits per heavy atom. The maximum absolute atomic E-state index is 12.3. The SMILES string of the molecule is C[C@H](Cc1c2ccoc2cc2ccoc12)NC(=O)C(F)(F)F. The number of hydrogen-bond acceptors (Lipinski definition) is 3. The quantitative estimate of drug-likeness (QED) is 0.800. The van der Waals surface area contributed by atoms with Crippen LogP contribution in [0.25, 0.3) is 21.9 Å². The van der Waals surface area contributed by atoms with Gasteiger partial charge in [0.15, 0.2) is 0 Å². The summed E-state index contributed by atoms with van der Waals surface area (Å²) < 4.78 is 47.7. The standard InChI is InChI=1S/C15H12F3NO3/c1-8(19-14(20)15(16,17)18)6-11-10-3-5-21-12(10)7-9-2-4-22-13(9)11/h2-5,7-8H,6H2,1H3,(H,19,20)/t8-/m1/s1. The molecule has 0 aliphatic rings. The summed E-state index contributed by atoms with van der Waals surface area (Å²) in [5.41, 5.74) is 1.92. The first-order chi connectivity index (χ1) is 10.4. The van der Waals surface area contributed by atoms with Crippen LogP contribution >= 0.6 is 0 Å². The summed E-state index contributed by atoms with van der Waals surface area (Å²) >= 11 is 0. The zero-order valence-corrected chi connectivity index (χ0v) is 11.5. The van der Waals surface area contributed by atoms with Crippen molar-refractivity contribution in [1.82, 2.24) is 5.32 Å². The van der Waals surface area contributed by atoms with Crippen LogP contribution in [0.2, 0.25) is 0 Å².